The Bertz CT molecular complexity index is 471. The van der Waals surface area contributed by atoms with Crippen molar-refractivity contribution in [1.29, 1.82) is 0 Å². The molecule has 0 aliphatic rings. The van der Waals surface area contributed by atoms with Gasteiger partial charge in [0.1, 0.15) is 10.6 Å². The fourth-order valence-corrected chi connectivity index (χ4v) is 2.75. The van der Waals surface area contributed by atoms with Crippen molar-refractivity contribution in [3.8, 4) is 0 Å². The second-order valence-corrected chi connectivity index (χ2v) is 7.79. The summed E-state index contributed by atoms with van der Waals surface area (Å²) in [7, 11) is 1.70. The highest BCUT2D eigenvalue weighted by molar-refractivity contribution is 7.11. The van der Waals surface area contributed by atoms with E-state index in [1.54, 1.807) is 18.4 Å². The van der Waals surface area contributed by atoms with Crippen LogP contribution < -0.4 is 10.6 Å². The van der Waals surface area contributed by atoms with E-state index in [-0.39, 0.29) is 12.1 Å². The minimum atomic E-state index is -0.462. The van der Waals surface area contributed by atoms with Crippen LogP contribution in [0.2, 0.25) is 0 Å². The summed E-state index contributed by atoms with van der Waals surface area (Å²) in [5, 5.41) is 7.31. The molecule has 6 nitrogen and oxygen atoms in total. The van der Waals surface area contributed by atoms with Crippen LogP contribution >= 0.6 is 11.3 Å². The second kappa shape index (κ2) is 9.85. The number of ether oxygens (including phenoxy) is 2. The topological polar surface area (TPSA) is 72.5 Å². The summed E-state index contributed by atoms with van der Waals surface area (Å²) < 4.78 is 10.5. The highest BCUT2D eigenvalue weighted by Crippen LogP contribution is 2.11. The quantitative estimate of drug-likeness (QED) is 0.675. The van der Waals surface area contributed by atoms with E-state index in [4.69, 9.17) is 9.47 Å². The largest absolute Gasteiger partial charge is 0.444 e. The van der Waals surface area contributed by atoms with Gasteiger partial charge in [-0.05, 0) is 40.5 Å². The third kappa shape index (κ3) is 9.53. The molecule has 0 aliphatic carbocycles. The normalized spacial score (nSPS) is 12.9. The molecule has 0 bridgehead atoms. The maximum atomic E-state index is 11.6. The fraction of sp³-hybridized carbons (Fsp3) is 0.750. The lowest BCUT2D eigenvalue weighted by molar-refractivity contribution is 0.0526. The molecule has 1 heterocycles. The molecule has 1 rings (SSSR count). The molecule has 132 valence electrons. The van der Waals surface area contributed by atoms with E-state index in [1.165, 1.54) is 4.88 Å². The third-order valence-electron chi connectivity index (χ3n) is 2.98. The molecule has 0 saturated carbocycles. The van der Waals surface area contributed by atoms with Gasteiger partial charge in [0.05, 0.1) is 6.61 Å². The summed E-state index contributed by atoms with van der Waals surface area (Å²) in [5.74, 6) is 0. The minimum Gasteiger partial charge on any atom is -0.444 e. The monoisotopic (exact) mass is 343 g/mol. The van der Waals surface area contributed by atoms with E-state index in [0.717, 1.165) is 24.4 Å². The van der Waals surface area contributed by atoms with Gasteiger partial charge in [0, 0.05) is 37.3 Å². The van der Waals surface area contributed by atoms with Crippen molar-refractivity contribution in [2.24, 2.45) is 0 Å². The van der Waals surface area contributed by atoms with Gasteiger partial charge in [-0.2, -0.15) is 0 Å². The summed E-state index contributed by atoms with van der Waals surface area (Å²) >= 11 is 1.70. The molecule has 0 radical (unpaired) electrons. The predicted molar refractivity (Wildman–Crippen MR) is 92.8 cm³/mol. The Labute approximate surface area is 143 Å². The predicted octanol–water partition coefficient (Wildman–Crippen LogP) is 2.86. The zero-order valence-corrected chi connectivity index (χ0v) is 15.6. The van der Waals surface area contributed by atoms with Crippen molar-refractivity contribution in [3.63, 3.8) is 0 Å². The highest BCUT2D eigenvalue weighted by Gasteiger charge is 2.15. The van der Waals surface area contributed by atoms with E-state index in [9.17, 15) is 4.79 Å². The van der Waals surface area contributed by atoms with Crippen molar-refractivity contribution in [3.05, 3.63) is 16.1 Å². The van der Waals surface area contributed by atoms with Gasteiger partial charge < -0.3 is 20.1 Å². The molecule has 2 N–H and O–H groups in total. The molecule has 0 aromatic carbocycles. The summed E-state index contributed by atoms with van der Waals surface area (Å²) in [6.45, 7) is 9.58. The first kappa shape index (κ1) is 19.9. The summed E-state index contributed by atoms with van der Waals surface area (Å²) in [4.78, 5) is 17.1. The number of aryl methyl sites for hydroxylation is 1. The Hall–Kier alpha value is -1.18. The van der Waals surface area contributed by atoms with E-state index in [1.807, 2.05) is 27.0 Å². The average Bonchev–Trinajstić information content (AvgIpc) is 2.84. The van der Waals surface area contributed by atoms with E-state index >= 15 is 0 Å². The van der Waals surface area contributed by atoms with Crippen LogP contribution in [0.15, 0.2) is 6.20 Å². The molecule has 7 heteroatoms. The lowest BCUT2D eigenvalue weighted by Crippen LogP contribution is -2.35. The molecule has 0 fully saturated rings. The molecule has 0 spiro atoms. The summed E-state index contributed by atoms with van der Waals surface area (Å²) in [6.07, 6.45) is 3.29. The first-order chi connectivity index (χ1) is 10.8. The molecule has 23 heavy (non-hydrogen) atoms. The molecular formula is C16H29N3O3S. The van der Waals surface area contributed by atoms with Gasteiger partial charge in [0.15, 0.2) is 0 Å². The van der Waals surface area contributed by atoms with Crippen LogP contribution in [-0.4, -0.2) is 43.0 Å². The Balaban J connectivity index is 2.23. The van der Waals surface area contributed by atoms with Crippen LogP contribution in [-0.2, 0) is 16.0 Å². The van der Waals surface area contributed by atoms with Gasteiger partial charge in [-0.1, -0.05) is 0 Å². The van der Waals surface area contributed by atoms with Gasteiger partial charge in [-0.3, -0.25) is 0 Å². The Morgan fingerprint density at radius 1 is 1.43 bits per heavy atom. The number of amides is 1. The Morgan fingerprint density at radius 3 is 2.74 bits per heavy atom. The number of rotatable bonds is 9. The van der Waals surface area contributed by atoms with Crippen molar-refractivity contribution in [2.45, 2.75) is 58.7 Å². The third-order valence-corrected chi connectivity index (χ3v) is 3.89. The molecule has 1 amide bonds. The van der Waals surface area contributed by atoms with E-state index < -0.39 is 5.60 Å². The average molecular weight is 343 g/mol. The number of aromatic nitrogens is 1. The second-order valence-electron chi connectivity index (χ2n) is 6.47. The summed E-state index contributed by atoms with van der Waals surface area (Å²) in [6, 6.07) is 0.240. The maximum Gasteiger partial charge on any atom is 0.407 e. The molecule has 0 saturated heterocycles. The fourth-order valence-electron chi connectivity index (χ4n) is 2.01. The van der Waals surface area contributed by atoms with Crippen molar-refractivity contribution < 1.29 is 14.3 Å². The molecular weight excluding hydrogens is 314 g/mol. The SMILES string of the molecule is COCC(CCCNC(=O)OC(C)(C)C)NCc1ncc(C)s1. The number of thiazole rings is 1. The van der Waals surface area contributed by atoms with Crippen LogP contribution in [0.25, 0.3) is 0 Å². The number of hydrogen-bond donors (Lipinski definition) is 2. The zero-order chi connectivity index (χ0) is 17.3. The van der Waals surface area contributed by atoms with Crippen molar-refractivity contribution >= 4 is 17.4 Å². The number of nitrogens with one attached hydrogen (secondary N) is 2. The maximum absolute atomic E-state index is 11.6. The van der Waals surface area contributed by atoms with Crippen molar-refractivity contribution in [2.75, 3.05) is 20.3 Å². The molecule has 1 aromatic heterocycles. The van der Waals surface area contributed by atoms with E-state index in [0.29, 0.717) is 13.2 Å². The minimum absolute atomic E-state index is 0.240. The molecule has 1 atom stereocenters. The van der Waals surface area contributed by atoms with Crippen LogP contribution in [0, 0.1) is 6.92 Å². The zero-order valence-electron chi connectivity index (χ0n) is 14.8. The number of methoxy groups -OCH3 is 1. The van der Waals surface area contributed by atoms with Gasteiger partial charge in [-0.15, -0.1) is 11.3 Å². The molecule has 1 unspecified atom stereocenters. The van der Waals surface area contributed by atoms with Gasteiger partial charge >= 0.3 is 6.09 Å². The van der Waals surface area contributed by atoms with E-state index in [2.05, 4.69) is 22.5 Å². The Kier molecular flexibility index (Phi) is 8.51. The summed E-state index contributed by atoms with van der Waals surface area (Å²) in [5.41, 5.74) is -0.462. The molecule has 1 aromatic rings. The van der Waals surface area contributed by atoms with Gasteiger partial charge in [0.2, 0.25) is 0 Å². The highest BCUT2D eigenvalue weighted by atomic mass is 32.1. The van der Waals surface area contributed by atoms with Gasteiger partial charge in [0.25, 0.3) is 0 Å². The number of hydrogen-bond acceptors (Lipinski definition) is 6. The van der Waals surface area contributed by atoms with Gasteiger partial charge in [-0.25, -0.2) is 9.78 Å². The first-order valence-corrected chi connectivity index (χ1v) is 8.72. The van der Waals surface area contributed by atoms with Crippen LogP contribution in [0.5, 0.6) is 0 Å². The first-order valence-electron chi connectivity index (χ1n) is 7.90. The van der Waals surface area contributed by atoms with Crippen molar-refractivity contribution in [1.82, 2.24) is 15.6 Å². The van der Waals surface area contributed by atoms with Crippen LogP contribution in [0.3, 0.4) is 0 Å². The van der Waals surface area contributed by atoms with Crippen LogP contribution in [0.1, 0.15) is 43.5 Å². The number of alkyl carbamates (subject to hydrolysis) is 1. The lowest BCUT2D eigenvalue weighted by Gasteiger charge is -2.20. The standard InChI is InChI=1S/C16H29N3O3S/c1-12-9-19-14(23-12)10-18-13(11-21-5)7-6-8-17-15(20)22-16(2,3)4/h9,13,18H,6-8,10-11H2,1-5H3,(H,17,20). The lowest BCUT2D eigenvalue weighted by atomic mass is 10.1. The number of carbonyl (C=O) groups excluding carboxylic acids is 1. The smallest absolute Gasteiger partial charge is 0.407 e. The van der Waals surface area contributed by atoms with Crippen LogP contribution in [0.4, 0.5) is 4.79 Å². The Morgan fingerprint density at radius 2 is 2.17 bits per heavy atom. The molecule has 0 aliphatic heterocycles. The number of carbonyl (C=O) groups is 1. The number of nitrogens with zero attached hydrogens (tertiary/aromatic N) is 1.